The second kappa shape index (κ2) is 9.24. The molecule has 2 aromatic carbocycles. The maximum Gasteiger partial charge on any atom is 0.203 e. The van der Waals surface area contributed by atoms with Gasteiger partial charge in [0, 0.05) is 24.7 Å². The summed E-state index contributed by atoms with van der Waals surface area (Å²) >= 11 is 0. The standard InChI is InChI=1S/C20H22N2O3/c1-23-18-10-16(11-19(24-2)20(18)25-3)9-17(12-21)14-22-13-15-7-5-4-6-8-15/h4-8,10-11,14,22H,9,13H2,1-3H3. The highest BCUT2D eigenvalue weighted by Crippen LogP contribution is 2.38. The summed E-state index contributed by atoms with van der Waals surface area (Å²) in [7, 11) is 4.71. The number of nitriles is 1. The number of nitrogens with one attached hydrogen (secondary N) is 1. The van der Waals surface area contributed by atoms with Crippen LogP contribution in [0.5, 0.6) is 17.2 Å². The van der Waals surface area contributed by atoms with Crippen LogP contribution in [0.4, 0.5) is 0 Å². The summed E-state index contributed by atoms with van der Waals surface area (Å²) in [6, 6.07) is 15.9. The predicted octanol–water partition coefficient (Wildman–Crippen LogP) is 3.45. The van der Waals surface area contributed by atoms with Crippen LogP contribution in [0, 0.1) is 11.3 Å². The Morgan fingerprint density at radius 3 is 2.16 bits per heavy atom. The van der Waals surface area contributed by atoms with Gasteiger partial charge < -0.3 is 19.5 Å². The van der Waals surface area contributed by atoms with Crippen LogP contribution >= 0.6 is 0 Å². The topological polar surface area (TPSA) is 63.5 Å². The molecule has 2 aromatic rings. The van der Waals surface area contributed by atoms with E-state index >= 15 is 0 Å². The van der Waals surface area contributed by atoms with Gasteiger partial charge in [0.1, 0.15) is 0 Å². The Labute approximate surface area is 148 Å². The van der Waals surface area contributed by atoms with Crippen LogP contribution in [-0.4, -0.2) is 21.3 Å². The lowest BCUT2D eigenvalue weighted by Gasteiger charge is -2.14. The molecular weight excluding hydrogens is 316 g/mol. The lowest BCUT2D eigenvalue weighted by molar-refractivity contribution is 0.324. The van der Waals surface area contributed by atoms with Gasteiger partial charge in [0.15, 0.2) is 11.5 Å². The van der Waals surface area contributed by atoms with Crippen LogP contribution in [-0.2, 0) is 13.0 Å². The maximum absolute atomic E-state index is 9.39. The lowest BCUT2D eigenvalue weighted by atomic mass is 10.1. The molecule has 0 unspecified atom stereocenters. The van der Waals surface area contributed by atoms with E-state index in [2.05, 4.69) is 11.4 Å². The molecule has 5 nitrogen and oxygen atoms in total. The van der Waals surface area contributed by atoms with Crippen LogP contribution in [0.1, 0.15) is 11.1 Å². The zero-order chi connectivity index (χ0) is 18.1. The Balaban J connectivity index is 2.13. The SMILES string of the molecule is COc1cc(CC(C#N)=CNCc2ccccc2)cc(OC)c1OC. The first-order valence-corrected chi connectivity index (χ1v) is 7.87. The summed E-state index contributed by atoms with van der Waals surface area (Å²) in [5, 5.41) is 12.6. The summed E-state index contributed by atoms with van der Waals surface area (Å²) in [4.78, 5) is 0. The van der Waals surface area contributed by atoms with Gasteiger partial charge in [-0.3, -0.25) is 0 Å². The fraction of sp³-hybridized carbons (Fsp3) is 0.250. The highest BCUT2D eigenvalue weighted by Gasteiger charge is 2.13. The molecule has 0 aliphatic rings. The van der Waals surface area contributed by atoms with Crippen LogP contribution in [0.25, 0.3) is 0 Å². The van der Waals surface area contributed by atoms with Gasteiger partial charge in [-0.05, 0) is 23.3 Å². The van der Waals surface area contributed by atoms with E-state index < -0.39 is 0 Å². The van der Waals surface area contributed by atoms with E-state index in [-0.39, 0.29) is 0 Å². The second-order valence-corrected chi connectivity index (χ2v) is 5.36. The molecule has 0 atom stereocenters. The Hall–Kier alpha value is -3.13. The van der Waals surface area contributed by atoms with E-state index in [1.165, 1.54) is 0 Å². The molecule has 25 heavy (non-hydrogen) atoms. The molecule has 0 aromatic heterocycles. The van der Waals surface area contributed by atoms with Gasteiger partial charge in [-0.25, -0.2) is 0 Å². The van der Waals surface area contributed by atoms with Crippen molar-refractivity contribution in [2.75, 3.05) is 21.3 Å². The van der Waals surface area contributed by atoms with Gasteiger partial charge in [0.2, 0.25) is 5.75 Å². The Morgan fingerprint density at radius 1 is 1.00 bits per heavy atom. The third kappa shape index (κ3) is 4.92. The Bertz CT molecular complexity index is 739. The van der Waals surface area contributed by atoms with Gasteiger partial charge in [0.05, 0.1) is 27.4 Å². The number of nitrogens with zero attached hydrogens (tertiary/aromatic N) is 1. The Morgan fingerprint density at radius 2 is 1.64 bits per heavy atom. The van der Waals surface area contributed by atoms with Crippen molar-refractivity contribution in [1.29, 1.82) is 5.26 Å². The van der Waals surface area contributed by atoms with Crippen LogP contribution < -0.4 is 19.5 Å². The molecule has 0 aliphatic carbocycles. The average molecular weight is 338 g/mol. The summed E-state index contributed by atoms with van der Waals surface area (Å²) in [5.41, 5.74) is 2.68. The van der Waals surface area contributed by atoms with Gasteiger partial charge in [-0.1, -0.05) is 30.3 Å². The van der Waals surface area contributed by atoms with Crippen molar-refractivity contribution in [1.82, 2.24) is 5.32 Å². The van der Waals surface area contributed by atoms with E-state index in [4.69, 9.17) is 14.2 Å². The molecule has 0 saturated carbocycles. The van der Waals surface area contributed by atoms with Crippen LogP contribution in [0.3, 0.4) is 0 Å². The summed E-state index contributed by atoms with van der Waals surface area (Å²) in [5.74, 6) is 1.69. The van der Waals surface area contributed by atoms with Gasteiger partial charge in [-0.15, -0.1) is 0 Å². The van der Waals surface area contributed by atoms with E-state index in [9.17, 15) is 5.26 Å². The number of benzene rings is 2. The highest BCUT2D eigenvalue weighted by atomic mass is 16.5. The molecule has 5 heteroatoms. The summed E-state index contributed by atoms with van der Waals surface area (Å²) in [6.45, 7) is 0.668. The molecule has 0 radical (unpaired) electrons. The van der Waals surface area contributed by atoms with Gasteiger partial charge in [0.25, 0.3) is 0 Å². The van der Waals surface area contributed by atoms with Crippen molar-refractivity contribution in [3.05, 3.63) is 65.4 Å². The minimum atomic E-state index is 0.467. The Kier molecular flexibility index (Phi) is 6.73. The third-order valence-corrected chi connectivity index (χ3v) is 3.69. The fourth-order valence-electron chi connectivity index (χ4n) is 2.47. The monoisotopic (exact) mass is 338 g/mol. The molecular formula is C20H22N2O3. The van der Waals surface area contributed by atoms with Crippen molar-refractivity contribution in [2.45, 2.75) is 13.0 Å². The number of methoxy groups -OCH3 is 3. The minimum absolute atomic E-state index is 0.467. The first kappa shape index (κ1) is 18.2. The van der Waals surface area contributed by atoms with Crippen molar-refractivity contribution in [3.63, 3.8) is 0 Å². The first-order chi connectivity index (χ1) is 12.2. The fourth-order valence-corrected chi connectivity index (χ4v) is 2.47. The van der Waals surface area contributed by atoms with Crippen molar-refractivity contribution in [3.8, 4) is 23.3 Å². The molecule has 0 fully saturated rings. The molecule has 2 rings (SSSR count). The number of allylic oxidation sites excluding steroid dienone is 1. The van der Waals surface area contributed by atoms with E-state index in [0.717, 1.165) is 11.1 Å². The third-order valence-electron chi connectivity index (χ3n) is 3.69. The van der Waals surface area contributed by atoms with E-state index in [1.54, 1.807) is 27.5 Å². The number of hydrogen-bond acceptors (Lipinski definition) is 5. The molecule has 0 heterocycles. The zero-order valence-electron chi connectivity index (χ0n) is 14.7. The van der Waals surface area contributed by atoms with Crippen molar-refractivity contribution >= 4 is 0 Å². The predicted molar refractivity (Wildman–Crippen MR) is 96.8 cm³/mol. The number of rotatable bonds is 8. The molecule has 1 N–H and O–H groups in total. The molecule has 0 amide bonds. The lowest BCUT2D eigenvalue weighted by Crippen LogP contribution is -2.06. The quantitative estimate of drug-likeness (QED) is 0.747. The van der Waals surface area contributed by atoms with E-state index in [1.807, 2.05) is 42.5 Å². The zero-order valence-corrected chi connectivity index (χ0v) is 14.7. The second-order valence-electron chi connectivity index (χ2n) is 5.36. The smallest absolute Gasteiger partial charge is 0.203 e. The molecule has 0 saturated heterocycles. The number of ether oxygens (including phenoxy) is 3. The maximum atomic E-state index is 9.39. The van der Waals surface area contributed by atoms with Crippen molar-refractivity contribution in [2.24, 2.45) is 0 Å². The van der Waals surface area contributed by atoms with Crippen molar-refractivity contribution < 1.29 is 14.2 Å². The van der Waals surface area contributed by atoms with Gasteiger partial charge in [-0.2, -0.15) is 5.26 Å². The largest absolute Gasteiger partial charge is 0.493 e. The number of hydrogen-bond donors (Lipinski definition) is 1. The van der Waals surface area contributed by atoms with Crippen LogP contribution in [0.2, 0.25) is 0 Å². The van der Waals surface area contributed by atoms with Crippen LogP contribution in [0.15, 0.2) is 54.2 Å². The molecule has 130 valence electrons. The minimum Gasteiger partial charge on any atom is -0.493 e. The summed E-state index contributed by atoms with van der Waals surface area (Å²) < 4.78 is 16.0. The molecule has 0 bridgehead atoms. The average Bonchev–Trinajstić information content (AvgIpc) is 2.67. The molecule has 0 aliphatic heterocycles. The summed E-state index contributed by atoms with van der Waals surface area (Å²) in [6.07, 6.45) is 2.21. The highest BCUT2D eigenvalue weighted by molar-refractivity contribution is 5.54. The first-order valence-electron chi connectivity index (χ1n) is 7.87. The normalized spacial score (nSPS) is 10.7. The van der Waals surface area contributed by atoms with E-state index in [0.29, 0.717) is 35.8 Å². The van der Waals surface area contributed by atoms with Gasteiger partial charge >= 0.3 is 0 Å². The molecule has 0 spiro atoms.